The van der Waals surface area contributed by atoms with E-state index < -0.39 is 0 Å². The molecule has 0 unspecified atom stereocenters. The number of aromatic nitrogens is 3. The standard InChI is InChI=1S/C15H14N4O4/c1-21-13-6-5-11(22-13)15(20)17-9-7-12-18-14(19-23-12)10-4-2-3-8-16-10/h2-6,8H,7,9H2,1H3,(H,17,20). The zero-order chi connectivity index (χ0) is 16.1. The molecular weight excluding hydrogens is 300 g/mol. The molecule has 0 bridgehead atoms. The average Bonchev–Trinajstić information content (AvgIpc) is 3.25. The maximum atomic E-state index is 11.9. The molecule has 0 atom stereocenters. The molecule has 0 aliphatic carbocycles. The third-order valence-corrected chi connectivity index (χ3v) is 2.99. The van der Waals surface area contributed by atoms with Crippen LogP contribution in [0.2, 0.25) is 0 Å². The Morgan fingerprint density at radius 2 is 2.22 bits per heavy atom. The number of carbonyl (C=O) groups is 1. The smallest absolute Gasteiger partial charge is 0.287 e. The number of furan rings is 1. The Hall–Kier alpha value is -3.16. The van der Waals surface area contributed by atoms with Crippen LogP contribution in [0.4, 0.5) is 0 Å². The minimum atomic E-state index is -0.335. The fourth-order valence-corrected chi connectivity index (χ4v) is 1.88. The van der Waals surface area contributed by atoms with E-state index in [1.807, 2.05) is 12.1 Å². The summed E-state index contributed by atoms with van der Waals surface area (Å²) < 4.78 is 15.2. The second-order valence-electron chi connectivity index (χ2n) is 4.56. The van der Waals surface area contributed by atoms with Gasteiger partial charge in [-0.15, -0.1) is 0 Å². The number of ether oxygens (including phenoxy) is 1. The first-order valence-electron chi connectivity index (χ1n) is 6.92. The Labute approximate surface area is 131 Å². The maximum absolute atomic E-state index is 11.9. The van der Waals surface area contributed by atoms with Gasteiger partial charge in [0.15, 0.2) is 5.76 Å². The highest BCUT2D eigenvalue weighted by Crippen LogP contribution is 2.15. The summed E-state index contributed by atoms with van der Waals surface area (Å²) in [4.78, 5) is 20.2. The molecule has 8 heteroatoms. The monoisotopic (exact) mass is 314 g/mol. The van der Waals surface area contributed by atoms with Crippen molar-refractivity contribution in [1.29, 1.82) is 0 Å². The molecule has 0 fully saturated rings. The molecule has 3 heterocycles. The van der Waals surface area contributed by atoms with Crippen molar-refractivity contribution in [2.24, 2.45) is 0 Å². The normalized spacial score (nSPS) is 10.5. The first-order chi connectivity index (χ1) is 11.3. The van der Waals surface area contributed by atoms with Crippen LogP contribution in [-0.2, 0) is 6.42 Å². The van der Waals surface area contributed by atoms with E-state index in [0.717, 1.165) is 0 Å². The lowest BCUT2D eigenvalue weighted by Gasteiger charge is -2.00. The topological polar surface area (TPSA) is 103 Å². The van der Waals surface area contributed by atoms with Crippen molar-refractivity contribution in [3.05, 3.63) is 48.2 Å². The number of methoxy groups -OCH3 is 1. The fraction of sp³-hybridized carbons (Fsp3) is 0.200. The molecule has 3 aromatic heterocycles. The van der Waals surface area contributed by atoms with Crippen LogP contribution >= 0.6 is 0 Å². The molecule has 118 valence electrons. The second kappa shape index (κ2) is 6.73. The van der Waals surface area contributed by atoms with E-state index in [9.17, 15) is 4.79 Å². The summed E-state index contributed by atoms with van der Waals surface area (Å²) in [6.07, 6.45) is 2.06. The van der Waals surface area contributed by atoms with Gasteiger partial charge in [0.2, 0.25) is 11.7 Å². The van der Waals surface area contributed by atoms with Gasteiger partial charge in [-0.25, -0.2) is 0 Å². The van der Waals surface area contributed by atoms with Gasteiger partial charge >= 0.3 is 0 Å². The van der Waals surface area contributed by atoms with Crippen molar-refractivity contribution in [3.8, 4) is 17.5 Å². The molecule has 3 rings (SSSR count). The van der Waals surface area contributed by atoms with Crippen LogP contribution < -0.4 is 10.1 Å². The van der Waals surface area contributed by atoms with Gasteiger partial charge in [0.25, 0.3) is 11.9 Å². The molecule has 1 amide bonds. The van der Waals surface area contributed by atoms with Crippen molar-refractivity contribution >= 4 is 5.91 Å². The Bertz CT molecular complexity index is 782. The highest BCUT2D eigenvalue weighted by Gasteiger charge is 2.13. The first-order valence-corrected chi connectivity index (χ1v) is 6.92. The van der Waals surface area contributed by atoms with E-state index in [4.69, 9.17) is 13.7 Å². The predicted molar refractivity (Wildman–Crippen MR) is 78.8 cm³/mol. The minimum Gasteiger partial charge on any atom is -0.468 e. The fourth-order valence-electron chi connectivity index (χ4n) is 1.88. The van der Waals surface area contributed by atoms with Crippen LogP contribution in [0.5, 0.6) is 5.95 Å². The third-order valence-electron chi connectivity index (χ3n) is 2.99. The number of hydrogen-bond donors (Lipinski definition) is 1. The van der Waals surface area contributed by atoms with Gasteiger partial charge in [-0.3, -0.25) is 9.78 Å². The predicted octanol–water partition coefficient (Wildman–Crippen LogP) is 1.71. The van der Waals surface area contributed by atoms with Gasteiger partial charge in [0, 0.05) is 25.2 Å². The van der Waals surface area contributed by atoms with Gasteiger partial charge in [0.05, 0.1) is 7.11 Å². The van der Waals surface area contributed by atoms with Gasteiger partial charge in [-0.2, -0.15) is 4.98 Å². The largest absolute Gasteiger partial charge is 0.468 e. The van der Waals surface area contributed by atoms with Gasteiger partial charge in [-0.05, 0) is 18.2 Å². The van der Waals surface area contributed by atoms with Crippen molar-refractivity contribution in [1.82, 2.24) is 20.4 Å². The zero-order valence-corrected chi connectivity index (χ0v) is 12.4. The summed E-state index contributed by atoms with van der Waals surface area (Å²) in [6.45, 7) is 0.339. The first kappa shape index (κ1) is 14.8. The molecule has 3 aromatic rings. The summed E-state index contributed by atoms with van der Waals surface area (Å²) in [5, 5.41) is 6.56. The third kappa shape index (κ3) is 3.54. The van der Waals surface area contributed by atoms with Crippen LogP contribution in [0, 0.1) is 0 Å². The van der Waals surface area contributed by atoms with E-state index in [2.05, 4.69) is 20.4 Å². The minimum absolute atomic E-state index is 0.182. The van der Waals surface area contributed by atoms with Crippen molar-refractivity contribution in [3.63, 3.8) is 0 Å². The highest BCUT2D eigenvalue weighted by atomic mass is 16.6. The Kier molecular flexibility index (Phi) is 4.32. The molecule has 0 spiro atoms. The van der Waals surface area contributed by atoms with Crippen LogP contribution in [0.15, 0.2) is 45.5 Å². The van der Waals surface area contributed by atoms with Crippen molar-refractivity contribution in [2.45, 2.75) is 6.42 Å². The molecular formula is C15H14N4O4. The molecule has 0 radical (unpaired) electrons. The van der Waals surface area contributed by atoms with Crippen LogP contribution in [0.1, 0.15) is 16.4 Å². The molecule has 8 nitrogen and oxygen atoms in total. The number of amides is 1. The van der Waals surface area contributed by atoms with Crippen LogP contribution in [0.25, 0.3) is 11.5 Å². The Balaban J connectivity index is 1.53. The molecule has 0 aliphatic heterocycles. The van der Waals surface area contributed by atoms with E-state index >= 15 is 0 Å². The molecule has 23 heavy (non-hydrogen) atoms. The lowest BCUT2D eigenvalue weighted by atomic mass is 10.3. The molecule has 0 aromatic carbocycles. The van der Waals surface area contributed by atoms with Crippen molar-refractivity contribution in [2.75, 3.05) is 13.7 Å². The lowest BCUT2D eigenvalue weighted by molar-refractivity contribution is 0.0919. The van der Waals surface area contributed by atoms with Crippen LogP contribution in [0.3, 0.4) is 0 Å². The number of nitrogens with one attached hydrogen (secondary N) is 1. The maximum Gasteiger partial charge on any atom is 0.287 e. The molecule has 0 aliphatic rings. The Morgan fingerprint density at radius 1 is 1.30 bits per heavy atom. The number of carbonyl (C=O) groups excluding carboxylic acids is 1. The number of nitrogens with zero attached hydrogens (tertiary/aromatic N) is 3. The summed E-state index contributed by atoms with van der Waals surface area (Å²) in [6, 6.07) is 8.56. The summed E-state index contributed by atoms with van der Waals surface area (Å²) in [5.41, 5.74) is 0.634. The summed E-state index contributed by atoms with van der Waals surface area (Å²) in [5.74, 6) is 0.969. The van der Waals surface area contributed by atoms with E-state index in [-0.39, 0.29) is 17.6 Å². The molecule has 1 N–H and O–H groups in total. The lowest BCUT2D eigenvalue weighted by Crippen LogP contribution is -2.25. The van der Waals surface area contributed by atoms with Gasteiger partial charge < -0.3 is 19.0 Å². The second-order valence-corrected chi connectivity index (χ2v) is 4.56. The highest BCUT2D eigenvalue weighted by molar-refractivity contribution is 5.91. The van der Waals surface area contributed by atoms with Gasteiger partial charge in [0.1, 0.15) is 5.69 Å². The van der Waals surface area contributed by atoms with Crippen LogP contribution in [-0.4, -0.2) is 34.7 Å². The van der Waals surface area contributed by atoms with E-state index in [0.29, 0.717) is 30.4 Å². The summed E-state index contributed by atoms with van der Waals surface area (Å²) in [7, 11) is 1.47. The molecule has 0 saturated heterocycles. The van der Waals surface area contributed by atoms with Crippen molar-refractivity contribution < 1.29 is 18.5 Å². The van der Waals surface area contributed by atoms with E-state index in [1.165, 1.54) is 7.11 Å². The average molecular weight is 314 g/mol. The number of hydrogen-bond acceptors (Lipinski definition) is 7. The quantitative estimate of drug-likeness (QED) is 0.738. The molecule has 0 saturated carbocycles. The zero-order valence-electron chi connectivity index (χ0n) is 12.4. The number of pyridine rings is 1. The SMILES string of the molecule is COc1ccc(C(=O)NCCc2nc(-c3ccccn3)no2)o1. The number of rotatable bonds is 6. The van der Waals surface area contributed by atoms with E-state index in [1.54, 1.807) is 24.4 Å². The Morgan fingerprint density at radius 3 is 2.96 bits per heavy atom. The summed E-state index contributed by atoms with van der Waals surface area (Å²) >= 11 is 0. The van der Waals surface area contributed by atoms with Gasteiger partial charge in [-0.1, -0.05) is 11.2 Å².